The van der Waals surface area contributed by atoms with E-state index in [1.54, 1.807) is 4.68 Å². The van der Waals surface area contributed by atoms with Crippen LogP contribution >= 0.6 is 0 Å². The van der Waals surface area contributed by atoms with Crippen LogP contribution < -0.4 is 4.74 Å². The summed E-state index contributed by atoms with van der Waals surface area (Å²) in [5.41, 5.74) is 1.23. The van der Waals surface area contributed by atoms with Gasteiger partial charge in [-0.1, -0.05) is 0 Å². The Hall–Kier alpha value is -3.23. The Morgan fingerprint density at radius 1 is 1.29 bits per heavy atom. The molecule has 8 nitrogen and oxygen atoms in total. The number of methoxy groups -OCH3 is 1. The first kappa shape index (κ1) is 15.7. The summed E-state index contributed by atoms with van der Waals surface area (Å²) in [5, 5.41) is 14.5. The van der Waals surface area contributed by atoms with Crippen LogP contribution in [-0.2, 0) is 11.3 Å². The molecule has 0 amide bonds. The third-order valence-corrected chi connectivity index (χ3v) is 3.32. The number of alkyl halides is 1. The van der Waals surface area contributed by atoms with Gasteiger partial charge in [0.05, 0.1) is 49.0 Å². The van der Waals surface area contributed by atoms with Crippen LogP contribution in [0.25, 0.3) is 10.9 Å². The number of carbonyl (C=O) groups is 1. The predicted octanol–water partition coefficient (Wildman–Crippen LogP) is 1.67. The molecule has 0 bridgehead atoms. The van der Waals surface area contributed by atoms with Crippen molar-refractivity contribution in [3.05, 3.63) is 42.0 Å². The fourth-order valence-electron chi connectivity index (χ4n) is 2.31. The van der Waals surface area contributed by atoms with Gasteiger partial charge in [0.2, 0.25) is 12.7 Å². The third kappa shape index (κ3) is 2.96. The minimum Gasteiger partial charge on any atom is -0.508 e. The van der Waals surface area contributed by atoms with Crippen molar-refractivity contribution in [1.82, 2.24) is 19.7 Å². The second kappa shape index (κ2) is 6.49. The lowest BCUT2D eigenvalue weighted by atomic mass is 10.1. The molecule has 2 heterocycles. The maximum absolute atomic E-state index is 12.1. The van der Waals surface area contributed by atoms with Gasteiger partial charge in [0.15, 0.2) is 0 Å². The summed E-state index contributed by atoms with van der Waals surface area (Å²) in [6.07, 6.45) is 4.25. The lowest BCUT2D eigenvalue weighted by molar-refractivity contribution is 0.0602. The van der Waals surface area contributed by atoms with E-state index in [0.29, 0.717) is 16.6 Å². The summed E-state index contributed by atoms with van der Waals surface area (Å²) in [4.78, 5) is 20.0. The third-order valence-electron chi connectivity index (χ3n) is 3.32. The molecule has 24 heavy (non-hydrogen) atoms. The number of benzene rings is 1. The molecule has 1 aromatic carbocycles. The van der Waals surface area contributed by atoms with E-state index in [9.17, 15) is 14.3 Å². The van der Waals surface area contributed by atoms with Crippen molar-refractivity contribution in [2.24, 2.45) is 0 Å². The molecule has 2 aromatic heterocycles. The first-order valence-electron chi connectivity index (χ1n) is 6.89. The van der Waals surface area contributed by atoms with Gasteiger partial charge in [-0.3, -0.25) is 9.67 Å². The van der Waals surface area contributed by atoms with Gasteiger partial charge in [0, 0.05) is 5.39 Å². The van der Waals surface area contributed by atoms with Gasteiger partial charge in [-0.05, 0) is 12.1 Å². The molecule has 0 atom stereocenters. The van der Waals surface area contributed by atoms with Gasteiger partial charge >= 0.3 is 5.97 Å². The minimum atomic E-state index is -0.982. The first-order chi connectivity index (χ1) is 11.6. The molecule has 0 aliphatic heterocycles. The predicted molar refractivity (Wildman–Crippen MR) is 80.5 cm³/mol. The zero-order chi connectivity index (χ0) is 17.1. The van der Waals surface area contributed by atoms with Gasteiger partial charge in [0.25, 0.3) is 0 Å². The standard InChI is InChI=1S/C15H13FN4O4/c1-23-15(22)12-3-11(21)2-9-4-19-20(14(9)12)7-10-5-18-13(6-17-10)24-8-16/h2-6,21H,7-8H2,1H3. The van der Waals surface area contributed by atoms with Crippen LogP contribution in [0, 0.1) is 0 Å². The molecule has 124 valence electrons. The molecule has 3 rings (SSSR count). The van der Waals surface area contributed by atoms with Gasteiger partial charge in [0.1, 0.15) is 5.75 Å². The molecule has 0 spiro atoms. The SMILES string of the molecule is COC(=O)c1cc(O)cc2cnn(Cc3cnc(OCF)cn3)c12. The Bertz CT molecular complexity index is 879. The largest absolute Gasteiger partial charge is 0.508 e. The zero-order valence-corrected chi connectivity index (χ0v) is 12.6. The topological polar surface area (TPSA) is 99.4 Å². The average Bonchev–Trinajstić information content (AvgIpc) is 2.98. The van der Waals surface area contributed by atoms with E-state index in [-0.39, 0.29) is 23.7 Å². The maximum atomic E-state index is 12.1. The number of esters is 1. The van der Waals surface area contributed by atoms with Crippen molar-refractivity contribution in [1.29, 1.82) is 0 Å². The van der Waals surface area contributed by atoms with Crippen LogP contribution in [0.4, 0.5) is 4.39 Å². The van der Waals surface area contributed by atoms with Crippen molar-refractivity contribution in [3.63, 3.8) is 0 Å². The number of aromatic hydroxyl groups is 1. The monoisotopic (exact) mass is 332 g/mol. The van der Waals surface area contributed by atoms with E-state index >= 15 is 0 Å². The highest BCUT2D eigenvalue weighted by molar-refractivity contribution is 6.03. The number of halogens is 1. The van der Waals surface area contributed by atoms with E-state index in [1.165, 1.54) is 37.8 Å². The van der Waals surface area contributed by atoms with E-state index in [2.05, 4.69) is 19.8 Å². The van der Waals surface area contributed by atoms with Gasteiger partial charge in [-0.15, -0.1) is 0 Å². The smallest absolute Gasteiger partial charge is 0.340 e. The van der Waals surface area contributed by atoms with Gasteiger partial charge < -0.3 is 14.6 Å². The molecule has 0 fully saturated rings. The average molecular weight is 332 g/mol. The van der Waals surface area contributed by atoms with Crippen LogP contribution in [0.1, 0.15) is 16.1 Å². The van der Waals surface area contributed by atoms with Crippen LogP contribution in [0.3, 0.4) is 0 Å². The van der Waals surface area contributed by atoms with E-state index in [0.717, 1.165) is 0 Å². The molecular weight excluding hydrogens is 319 g/mol. The summed E-state index contributed by atoms with van der Waals surface area (Å²) < 4.78 is 23.0. The van der Waals surface area contributed by atoms with Gasteiger partial charge in [-0.2, -0.15) is 5.10 Å². The number of carbonyl (C=O) groups excluding carboxylic acids is 1. The summed E-state index contributed by atoms with van der Waals surface area (Å²) in [6, 6.07) is 2.81. The van der Waals surface area contributed by atoms with E-state index < -0.39 is 12.8 Å². The van der Waals surface area contributed by atoms with Crippen LogP contribution in [0.5, 0.6) is 11.6 Å². The first-order valence-corrected chi connectivity index (χ1v) is 6.89. The molecule has 0 saturated heterocycles. The Morgan fingerprint density at radius 3 is 2.79 bits per heavy atom. The highest BCUT2D eigenvalue weighted by Gasteiger charge is 2.17. The van der Waals surface area contributed by atoms with Crippen molar-refractivity contribution >= 4 is 16.9 Å². The number of rotatable bonds is 5. The quantitative estimate of drug-likeness (QED) is 0.709. The summed E-state index contributed by atoms with van der Waals surface area (Å²) in [5.74, 6) is -0.572. The van der Waals surface area contributed by atoms with E-state index in [1.807, 2.05) is 0 Å². The molecule has 0 aliphatic carbocycles. The fourth-order valence-corrected chi connectivity index (χ4v) is 2.31. The molecule has 0 aliphatic rings. The molecule has 9 heteroatoms. The number of hydrogen-bond donors (Lipinski definition) is 1. The van der Waals surface area contributed by atoms with Gasteiger partial charge in [-0.25, -0.2) is 14.2 Å². The van der Waals surface area contributed by atoms with E-state index in [4.69, 9.17) is 4.74 Å². The summed E-state index contributed by atoms with van der Waals surface area (Å²) in [7, 11) is 1.26. The van der Waals surface area contributed by atoms with Crippen molar-refractivity contribution in [2.75, 3.05) is 14.0 Å². The lowest BCUT2D eigenvalue weighted by Crippen LogP contribution is -2.09. The van der Waals surface area contributed by atoms with Crippen molar-refractivity contribution in [2.45, 2.75) is 6.54 Å². The molecule has 3 aromatic rings. The Balaban J connectivity index is 1.99. The second-order valence-corrected chi connectivity index (χ2v) is 4.82. The fraction of sp³-hybridized carbons (Fsp3) is 0.200. The molecule has 0 unspecified atom stereocenters. The van der Waals surface area contributed by atoms with Crippen LogP contribution in [0.15, 0.2) is 30.7 Å². The lowest BCUT2D eigenvalue weighted by Gasteiger charge is -2.08. The van der Waals surface area contributed by atoms with Crippen LogP contribution in [-0.4, -0.2) is 44.8 Å². The molecular formula is C15H13FN4O4. The number of aromatic nitrogens is 4. The summed E-state index contributed by atoms with van der Waals surface area (Å²) >= 11 is 0. The molecule has 0 saturated carbocycles. The Morgan fingerprint density at radius 2 is 2.12 bits per heavy atom. The minimum absolute atomic E-state index is 0.0602. The number of hydrogen-bond acceptors (Lipinski definition) is 7. The van der Waals surface area contributed by atoms with Crippen LogP contribution in [0.2, 0.25) is 0 Å². The second-order valence-electron chi connectivity index (χ2n) is 4.82. The normalized spacial score (nSPS) is 10.8. The van der Waals surface area contributed by atoms with Crippen molar-refractivity contribution in [3.8, 4) is 11.6 Å². The zero-order valence-electron chi connectivity index (χ0n) is 12.6. The Labute approximate surface area is 135 Å². The maximum Gasteiger partial charge on any atom is 0.340 e. The molecule has 1 N–H and O–H groups in total. The number of phenols is 1. The Kier molecular flexibility index (Phi) is 4.23. The highest BCUT2D eigenvalue weighted by Crippen LogP contribution is 2.25. The highest BCUT2D eigenvalue weighted by atomic mass is 19.1. The molecule has 0 radical (unpaired) electrons. The number of ether oxygens (including phenoxy) is 2. The number of fused-ring (bicyclic) bond motifs is 1. The number of phenolic OH excluding ortho intramolecular Hbond substituents is 1. The van der Waals surface area contributed by atoms with Crippen molar-refractivity contribution < 1.29 is 23.8 Å². The summed E-state index contributed by atoms with van der Waals surface area (Å²) in [6.45, 7) is -0.759. The number of nitrogens with zero attached hydrogens (tertiary/aromatic N) is 4.